The largest absolute Gasteiger partial charge is 0.480 e. The first-order valence-electron chi connectivity index (χ1n) is 30.8. The van der Waals surface area contributed by atoms with Gasteiger partial charge in [-0.3, -0.25) is 29.3 Å². The molecule has 2 fully saturated rings. The molecule has 8 rings (SSSR count). The van der Waals surface area contributed by atoms with Crippen molar-refractivity contribution in [3.8, 4) is 11.4 Å². The lowest BCUT2D eigenvalue weighted by molar-refractivity contribution is -0.140. The number of alkyl carbamates (subject to hydrolysis) is 1. The molecule has 2 aromatic heterocycles. The minimum Gasteiger partial charge on any atom is -0.480 e. The van der Waals surface area contributed by atoms with Gasteiger partial charge in [-0.05, 0) is 182 Å². The minimum absolute atomic E-state index is 0.0579. The van der Waals surface area contributed by atoms with Crippen molar-refractivity contribution in [2.24, 2.45) is 11.8 Å². The third-order valence-corrected chi connectivity index (χ3v) is 17.1. The molecule has 0 radical (unpaired) electrons. The van der Waals surface area contributed by atoms with Gasteiger partial charge in [0.05, 0.1) is 41.2 Å². The van der Waals surface area contributed by atoms with Gasteiger partial charge in [-0.25, -0.2) is 23.2 Å². The summed E-state index contributed by atoms with van der Waals surface area (Å²) in [4.78, 5) is 113. The molecule has 0 spiro atoms. The Balaban J connectivity index is 0.000000635. The number of carbonyl (C=O) groups is 8. The fraction of sp³-hybridized carbons (Fsp3) is 0.631. The minimum atomic E-state index is -0.971. The summed E-state index contributed by atoms with van der Waals surface area (Å²) >= 11 is 0. The van der Waals surface area contributed by atoms with Crippen LogP contribution in [-0.2, 0) is 64.1 Å². The summed E-state index contributed by atoms with van der Waals surface area (Å²) in [5, 5.41) is 15.3. The molecule has 0 bridgehead atoms. The van der Waals surface area contributed by atoms with E-state index in [-0.39, 0.29) is 66.6 Å². The highest BCUT2D eigenvalue weighted by molar-refractivity contribution is 5.99. The number of ether oxygens (including phenoxy) is 3. The van der Waals surface area contributed by atoms with E-state index in [4.69, 9.17) is 19.3 Å². The van der Waals surface area contributed by atoms with Crippen molar-refractivity contribution in [2.75, 3.05) is 33.9 Å². The van der Waals surface area contributed by atoms with Crippen LogP contribution in [0.2, 0.25) is 0 Å². The number of carbonyl (C=O) groups excluding carboxylic acids is 7. The lowest BCUT2D eigenvalue weighted by Gasteiger charge is -2.32. The van der Waals surface area contributed by atoms with E-state index in [1.165, 1.54) is 43.0 Å². The third kappa shape index (κ3) is 16.6. The number of likely N-dealkylation sites (N-methyl/N-ethyl adjacent to an activating group) is 2. The first-order valence-corrected chi connectivity index (χ1v) is 30.8. The van der Waals surface area contributed by atoms with Crippen LogP contribution in [0.15, 0.2) is 36.4 Å². The number of hydrogen-bond acceptors (Lipinski definition) is 12. The Morgan fingerprint density at radius 1 is 0.598 bits per heavy atom. The van der Waals surface area contributed by atoms with Gasteiger partial charge in [0.2, 0.25) is 11.8 Å². The van der Waals surface area contributed by atoms with E-state index in [9.17, 15) is 28.8 Å². The van der Waals surface area contributed by atoms with Gasteiger partial charge in [0, 0.05) is 87.8 Å². The number of amides is 5. The summed E-state index contributed by atoms with van der Waals surface area (Å²) in [5.41, 5.74) is 3.06. The Hall–Kier alpha value is -7.10. The van der Waals surface area contributed by atoms with Crippen LogP contribution in [0.25, 0.3) is 33.2 Å². The maximum atomic E-state index is 15.3. The van der Waals surface area contributed by atoms with Gasteiger partial charge in [-0.2, -0.15) is 0 Å². The second-order valence-corrected chi connectivity index (χ2v) is 27.0. The van der Waals surface area contributed by atoms with Gasteiger partial charge >= 0.3 is 24.2 Å². The molecule has 1 unspecified atom stereocenters. The summed E-state index contributed by atoms with van der Waals surface area (Å²) in [6.45, 7) is 22.6. The number of aliphatic carboxylic acids is 1. The highest BCUT2D eigenvalue weighted by Crippen LogP contribution is 2.46. The van der Waals surface area contributed by atoms with Crippen LogP contribution in [0, 0.1) is 23.5 Å². The van der Waals surface area contributed by atoms with Crippen molar-refractivity contribution < 1.29 is 66.5 Å². The van der Waals surface area contributed by atoms with Crippen molar-refractivity contribution in [3.63, 3.8) is 0 Å². The molecule has 4 aromatic rings. The van der Waals surface area contributed by atoms with E-state index in [0.717, 1.165) is 70.0 Å². The number of ketones is 2. The Morgan fingerprint density at radius 2 is 0.989 bits per heavy atom. The van der Waals surface area contributed by atoms with Crippen LogP contribution in [0.3, 0.4) is 0 Å². The van der Waals surface area contributed by atoms with Gasteiger partial charge < -0.3 is 53.4 Å². The molecule has 3 N–H and O–H groups in total. The smallest absolute Gasteiger partial charge is 0.410 e. The van der Waals surface area contributed by atoms with Crippen molar-refractivity contribution in [1.82, 2.24) is 39.4 Å². The number of carboxylic acids is 1. The maximum absolute atomic E-state index is 15.3. The predicted octanol–water partition coefficient (Wildman–Crippen LogP) is 10.4. The Labute approximate surface area is 509 Å². The van der Waals surface area contributed by atoms with Crippen molar-refractivity contribution >= 4 is 69.4 Å². The molecular formula is C65H92F2N8O12. The maximum Gasteiger partial charge on any atom is 0.410 e. The zero-order valence-electron chi connectivity index (χ0n) is 53.4. The number of hydrogen-bond donors (Lipinski definition) is 3. The molecule has 20 nitrogen and oxygen atoms in total. The standard InChI is InChI=1S/C56H74F2N6O8.C9H18N2O4/c1-33(59(9)53(69)71-55(3,4)5)47(65)27-35-15-11-12-16-36(28-48(66)34(2)60(10)54(70)72-56(6,7)8)52(68)62-24-14-18-40(62)32-44-42-22-20-38(58)30-46(42)64-26-25-63-45-29-37(57)19-21-41(45)43(49(63)50(44)64)31-39-17-13-23-61(39)51(35)67;1-6(7(12)13)10-5-11-8(14)15-9(2,3)4/h19-22,29-30,33-36,39-40H,11-18,23-28,31-32H2,1-10H3;6,10H,5H2,1-4H3,(H,11,14)(H,12,13)/t33-,34-,35+,36+,39-,40-;/m0./s1. The first-order chi connectivity index (χ1) is 40.6. The fourth-order valence-corrected chi connectivity index (χ4v) is 12.4. The Morgan fingerprint density at radius 3 is 1.36 bits per heavy atom. The molecule has 5 amide bonds. The van der Waals surface area contributed by atoms with Crippen LogP contribution in [0.5, 0.6) is 0 Å². The summed E-state index contributed by atoms with van der Waals surface area (Å²) in [7, 11) is 3.04. The van der Waals surface area contributed by atoms with Crippen molar-refractivity contribution in [2.45, 2.75) is 220 Å². The van der Waals surface area contributed by atoms with Gasteiger partial charge in [-0.15, -0.1) is 0 Å². The Kier molecular flexibility index (Phi) is 21.3. The average molecular weight is 1220 g/mol. The quantitative estimate of drug-likeness (QED) is 0.0886. The van der Waals surface area contributed by atoms with Crippen molar-refractivity contribution in [1.29, 1.82) is 0 Å². The number of nitrogens with zero attached hydrogens (tertiary/aromatic N) is 6. The number of carboxylic acid groups (broad SMARTS) is 1. The van der Waals surface area contributed by atoms with Gasteiger partial charge in [0.25, 0.3) is 0 Å². The lowest BCUT2D eigenvalue weighted by atomic mass is 9.88. The van der Waals surface area contributed by atoms with Crippen LogP contribution in [0.1, 0.15) is 158 Å². The normalized spacial score (nSPS) is 20.4. The van der Waals surface area contributed by atoms with Gasteiger partial charge in [0.15, 0.2) is 11.6 Å². The third-order valence-electron chi connectivity index (χ3n) is 17.1. The first kappa shape index (κ1) is 67.4. The van der Waals surface area contributed by atoms with Crippen LogP contribution < -0.4 is 10.6 Å². The Bertz CT molecular complexity index is 3040. The molecule has 0 aliphatic carbocycles. The van der Waals surface area contributed by atoms with E-state index < -0.39 is 71.0 Å². The van der Waals surface area contributed by atoms with Crippen LogP contribution >= 0.6 is 0 Å². The average Bonchev–Trinajstić information content (AvgIpc) is 1.56. The van der Waals surface area contributed by atoms with E-state index in [2.05, 4.69) is 19.8 Å². The highest BCUT2D eigenvalue weighted by atomic mass is 19.1. The lowest BCUT2D eigenvalue weighted by Crippen LogP contribution is -2.46. The van der Waals surface area contributed by atoms with E-state index >= 15 is 18.4 Å². The number of fused-ring (bicyclic) bond motifs is 8. The molecular weight excluding hydrogens is 1120 g/mol. The highest BCUT2D eigenvalue weighted by Gasteiger charge is 2.41. The molecule has 2 aromatic carbocycles. The monoisotopic (exact) mass is 1210 g/mol. The number of halogens is 2. The predicted molar refractivity (Wildman–Crippen MR) is 326 cm³/mol. The number of rotatable bonds is 12. The second kappa shape index (κ2) is 27.5. The number of aromatic nitrogens is 2. The molecule has 478 valence electrons. The zero-order chi connectivity index (χ0) is 64.2. The topological polar surface area (TPSA) is 231 Å². The summed E-state index contributed by atoms with van der Waals surface area (Å²) in [6, 6.07) is 6.75. The van der Waals surface area contributed by atoms with Gasteiger partial charge in [-0.1, -0.05) is 12.8 Å². The molecule has 4 aliphatic heterocycles. The zero-order valence-corrected chi connectivity index (χ0v) is 53.4. The van der Waals surface area contributed by atoms with E-state index in [1.54, 1.807) is 88.3 Å². The molecule has 87 heavy (non-hydrogen) atoms. The number of Topliss-reactive ketones (excluding diaryl/α,β-unsaturated/α-hetero) is 2. The molecule has 4 aliphatic rings. The van der Waals surface area contributed by atoms with Crippen molar-refractivity contribution in [3.05, 3.63) is 59.2 Å². The number of benzene rings is 2. The SMILES string of the molecule is CC(NCNC(=O)OC(C)(C)C)C(=O)O.C[C@@H](C(=O)C[C@H]1CCCC[C@H](CC(=O)[C@H](C)N(C)C(=O)OC(C)(C)C)C(=O)N2CCC[C@H]2Cc2c3n(c4cc(F)ccc24)CCn2c-3c(c3ccc(F)cc32)C[C@@H]2CCCN2C1=O)N(C)C(=O)OC(C)(C)C. The molecule has 6 heterocycles. The molecule has 0 saturated carbocycles. The van der Waals surface area contributed by atoms with Crippen LogP contribution in [-0.4, -0.2) is 162 Å². The number of aryl methyl sites for hydroxylation is 2. The number of nitrogens with one attached hydrogen (secondary N) is 2. The fourth-order valence-electron chi connectivity index (χ4n) is 12.4. The van der Waals surface area contributed by atoms with Gasteiger partial charge in [0.1, 0.15) is 34.5 Å². The summed E-state index contributed by atoms with van der Waals surface area (Å²) in [6.07, 6.45) is 3.39. The second-order valence-electron chi connectivity index (χ2n) is 27.0. The van der Waals surface area contributed by atoms with E-state index in [1.807, 2.05) is 21.9 Å². The summed E-state index contributed by atoms with van der Waals surface area (Å²) in [5.74, 6) is -4.09. The summed E-state index contributed by atoms with van der Waals surface area (Å²) < 4.78 is 51.1. The van der Waals surface area contributed by atoms with E-state index in [0.29, 0.717) is 64.7 Å². The molecule has 2 saturated heterocycles. The molecule has 7 atom stereocenters. The molecule has 22 heteroatoms. The van der Waals surface area contributed by atoms with Crippen LogP contribution in [0.4, 0.5) is 23.2 Å².